The number of nitrogens with one attached hydrogen (secondary N) is 2. The second-order valence-corrected chi connectivity index (χ2v) is 6.46. The molecule has 0 aliphatic carbocycles. The zero-order valence-corrected chi connectivity index (χ0v) is 14.2. The summed E-state index contributed by atoms with van der Waals surface area (Å²) in [6.45, 7) is 9.26. The largest absolute Gasteiger partial charge is 0.369 e. The van der Waals surface area contributed by atoms with E-state index in [4.69, 9.17) is 0 Å². The lowest BCUT2D eigenvalue weighted by Crippen LogP contribution is -2.19. The monoisotopic (exact) mass is 312 g/mol. The summed E-state index contributed by atoms with van der Waals surface area (Å²) in [5.41, 5.74) is 2.14. The summed E-state index contributed by atoms with van der Waals surface area (Å²) < 4.78 is 0. The number of nitrogens with zero attached hydrogens (tertiary/aromatic N) is 2. The van der Waals surface area contributed by atoms with Crippen LogP contribution in [0.5, 0.6) is 0 Å². The summed E-state index contributed by atoms with van der Waals surface area (Å²) in [6, 6.07) is 7.82. The molecule has 0 unspecified atom stereocenters. The van der Waals surface area contributed by atoms with Crippen molar-refractivity contribution < 1.29 is 4.79 Å². The molecule has 1 amide bonds. The summed E-state index contributed by atoms with van der Waals surface area (Å²) in [7, 11) is 0. The topological polar surface area (TPSA) is 66.9 Å². The molecule has 0 saturated carbocycles. The molecule has 0 bridgehead atoms. The van der Waals surface area contributed by atoms with Gasteiger partial charge in [-0.1, -0.05) is 45.9 Å². The van der Waals surface area contributed by atoms with E-state index in [0.717, 1.165) is 24.2 Å². The van der Waals surface area contributed by atoms with Crippen molar-refractivity contribution >= 4 is 17.4 Å². The summed E-state index contributed by atoms with van der Waals surface area (Å²) in [5.74, 6) is 0.426. The molecule has 5 nitrogen and oxygen atoms in total. The van der Waals surface area contributed by atoms with Crippen LogP contribution < -0.4 is 10.6 Å². The first kappa shape index (κ1) is 16.9. The van der Waals surface area contributed by atoms with Gasteiger partial charge in [-0.3, -0.25) is 4.79 Å². The fraction of sp³-hybridized carbons (Fsp3) is 0.389. The first-order chi connectivity index (χ1) is 10.9. The minimum atomic E-state index is -0.253. The number of aromatic nitrogens is 2. The predicted molar refractivity (Wildman–Crippen MR) is 93.9 cm³/mol. The van der Waals surface area contributed by atoms with Gasteiger partial charge in [-0.15, -0.1) is 0 Å². The van der Waals surface area contributed by atoms with Gasteiger partial charge < -0.3 is 10.6 Å². The Bertz CT molecular complexity index is 659. The maximum absolute atomic E-state index is 12.4. The SMILES string of the molecule is CCCNc1cnc(C(=O)Nc2ccccc2C(C)(C)C)cn1. The van der Waals surface area contributed by atoms with Crippen LogP contribution in [0.2, 0.25) is 0 Å². The van der Waals surface area contributed by atoms with Crippen molar-refractivity contribution in [1.29, 1.82) is 0 Å². The average Bonchev–Trinajstić information content (AvgIpc) is 2.53. The second kappa shape index (κ2) is 7.22. The van der Waals surface area contributed by atoms with E-state index in [-0.39, 0.29) is 11.3 Å². The molecule has 1 aromatic heterocycles. The van der Waals surface area contributed by atoms with E-state index in [9.17, 15) is 4.79 Å². The fourth-order valence-corrected chi connectivity index (χ4v) is 2.22. The molecule has 2 N–H and O–H groups in total. The molecule has 5 heteroatoms. The summed E-state index contributed by atoms with van der Waals surface area (Å²) in [6.07, 6.45) is 4.08. The number of benzene rings is 1. The molecule has 0 radical (unpaired) electrons. The Labute approximate surface area is 137 Å². The van der Waals surface area contributed by atoms with Crippen molar-refractivity contribution in [3.05, 3.63) is 47.9 Å². The van der Waals surface area contributed by atoms with Gasteiger partial charge in [-0.05, 0) is 23.5 Å². The maximum atomic E-state index is 12.4. The highest BCUT2D eigenvalue weighted by molar-refractivity contribution is 6.03. The Balaban J connectivity index is 2.14. The molecule has 122 valence electrons. The third-order valence-corrected chi connectivity index (χ3v) is 3.42. The summed E-state index contributed by atoms with van der Waals surface area (Å²) >= 11 is 0. The fourth-order valence-electron chi connectivity index (χ4n) is 2.22. The number of hydrogen-bond donors (Lipinski definition) is 2. The quantitative estimate of drug-likeness (QED) is 0.880. The van der Waals surface area contributed by atoms with Gasteiger partial charge in [0, 0.05) is 12.2 Å². The smallest absolute Gasteiger partial charge is 0.275 e. The third-order valence-electron chi connectivity index (χ3n) is 3.42. The highest BCUT2D eigenvalue weighted by Crippen LogP contribution is 2.29. The van der Waals surface area contributed by atoms with Crippen LogP contribution >= 0.6 is 0 Å². The van der Waals surface area contributed by atoms with E-state index in [1.165, 1.54) is 6.20 Å². The van der Waals surface area contributed by atoms with Gasteiger partial charge in [-0.25, -0.2) is 9.97 Å². The van der Waals surface area contributed by atoms with Crippen molar-refractivity contribution in [2.75, 3.05) is 17.2 Å². The van der Waals surface area contributed by atoms with Crippen molar-refractivity contribution in [2.24, 2.45) is 0 Å². The van der Waals surface area contributed by atoms with Crippen LogP contribution in [0.15, 0.2) is 36.7 Å². The van der Waals surface area contributed by atoms with Gasteiger partial charge in [-0.2, -0.15) is 0 Å². The normalized spacial score (nSPS) is 11.1. The number of rotatable bonds is 5. The second-order valence-electron chi connectivity index (χ2n) is 6.46. The van der Waals surface area contributed by atoms with Crippen molar-refractivity contribution in [2.45, 2.75) is 39.5 Å². The van der Waals surface area contributed by atoms with Crippen LogP contribution in [0.25, 0.3) is 0 Å². The molecule has 0 fully saturated rings. The molecule has 2 aromatic rings. The summed E-state index contributed by atoms with van der Waals surface area (Å²) in [5, 5.41) is 6.07. The predicted octanol–water partition coefficient (Wildman–Crippen LogP) is 3.85. The van der Waals surface area contributed by atoms with E-state index in [1.807, 2.05) is 24.3 Å². The molecule has 1 aromatic carbocycles. The molecule has 0 spiro atoms. The zero-order chi connectivity index (χ0) is 16.9. The van der Waals surface area contributed by atoms with Crippen LogP contribution in [-0.4, -0.2) is 22.4 Å². The number of para-hydroxylation sites is 1. The van der Waals surface area contributed by atoms with E-state index in [0.29, 0.717) is 11.5 Å². The molecule has 23 heavy (non-hydrogen) atoms. The molecule has 0 atom stereocenters. The van der Waals surface area contributed by atoms with E-state index in [1.54, 1.807) is 6.20 Å². The molecule has 2 rings (SSSR count). The standard InChI is InChI=1S/C18H24N4O/c1-5-10-19-16-12-20-15(11-21-16)17(23)22-14-9-7-6-8-13(14)18(2,3)4/h6-9,11-12H,5,10H2,1-4H3,(H,19,21)(H,22,23). The van der Waals surface area contributed by atoms with E-state index < -0.39 is 0 Å². The van der Waals surface area contributed by atoms with E-state index >= 15 is 0 Å². The molecule has 0 saturated heterocycles. The Kier molecular flexibility index (Phi) is 5.32. The molecule has 0 aliphatic heterocycles. The lowest BCUT2D eigenvalue weighted by Gasteiger charge is -2.22. The molecule has 1 heterocycles. The van der Waals surface area contributed by atoms with Crippen molar-refractivity contribution in [3.63, 3.8) is 0 Å². The minimum absolute atomic E-state index is 0.0521. The Morgan fingerprint density at radius 3 is 2.48 bits per heavy atom. The van der Waals surface area contributed by atoms with Gasteiger partial charge in [0.2, 0.25) is 0 Å². The molecular formula is C18H24N4O. The van der Waals surface area contributed by atoms with Crippen LogP contribution in [0.1, 0.15) is 50.2 Å². The number of anilines is 2. The first-order valence-corrected chi connectivity index (χ1v) is 7.88. The van der Waals surface area contributed by atoms with Gasteiger partial charge in [0.15, 0.2) is 0 Å². The highest BCUT2D eigenvalue weighted by Gasteiger charge is 2.19. The van der Waals surface area contributed by atoms with Crippen LogP contribution in [0.4, 0.5) is 11.5 Å². The van der Waals surface area contributed by atoms with Crippen molar-refractivity contribution in [3.8, 4) is 0 Å². The average molecular weight is 312 g/mol. The molecular weight excluding hydrogens is 288 g/mol. The van der Waals surface area contributed by atoms with Gasteiger partial charge in [0.05, 0.1) is 12.4 Å². The van der Waals surface area contributed by atoms with Crippen LogP contribution in [-0.2, 0) is 5.41 Å². The number of hydrogen-bond acceptors (Lipinski definition) is 4. The van der Waals surface area contributed by atoms with Crippen LogP contribution in [0, 0.1) is 0 Å². The van der Waals surface area contributed by atoms with Crippen molar-refractivity contribution in [1.82, 2.24) is 9.97 Å². The zero-order valence-electron chi connectivity index (χ0n) is 14.2. The van der Waals surface area contributed by atoms with Gasteiger partial charge in [0.25, 0.3) is 5.91 Å². The highest BCUT2D eigenvalue weighted by atomic mass is 16.1. The third kappa shape index (κ3) is 4.52. The number of carbonyl (C=O) groups excluding carboxylic acids is 1. The Morgan fingerprint density at radius 2 is 1.87 bits per heavy atom. The first-order valence-electron chi connectivity index (χ1n) is 7.88. The number of amides is 1. The summed E-state index contributed by atoms with van der Waals surface area (Å²) in [4.78, 5) is 20.8. The minimum Gasteiger partial charge on any atom is -0.369 e. The van der Waals surface area contributed by atoms with Gasteiger partial charge >= 0.3 is 0 Å². The maximum Gasteiger partial charge on any atom is 0.275 e. The molecule has 0 aliphatic rings. The lowest BCUT2D eigenvalue weighted by molar-refractivity contribution is 0.102. The number of carbonyl (C=O) groups is 1. The Hall–Kier alpha value is -2.43. The van der Waals surface area contributed by atoms with Gasteiger partial charge in [0.1, 0.15) is 11.5 Å². The Morgan fingerprint density at radius 1 is 1.13 bits per heavy atom. The van der Waals surface area contributed by atoms with E-state index in [2.05, 4.69) is 48.3 Å². The van der Waals surface area contributed by atoms with Crippen LogP contribution in [0.3, 0.4) is 0 Å². The lowest BCUT2D eigenvalue weighted by atomic mass is 9.86.